The summed E-state index contributed by atoms with van der Waals surface area (Å²) in [6.45, 7) is 0.156. The highest BCUT2D eigenvalue weighted by atomic mass is 32.1. The average molecular weight is 440 g/mol. The molecule has 7 heteroatoms. The molecule has 0 aliphatic carbocycles. The number of benzene rings is 2. The highest BCUT2D eigenvalue weighted by Crippen LogP contribution is 2.22. The molecule has 3 aromatic rings. The van der Waals surface area contributed by atoms with Gasteiger partial charge in [-0.2, -0.15) is 0 Å². The van der Waals surface area contributed by atoms with Crippen LogP contribution in [-0.4, -0.2) is 35.4 Å². The third-order valence-corrected chi connectivity index (χ3v) is 5.92. The molecule has 31 heavy (non-hydrogen) atoms. The van der Waals surface area contributed by atoms with Gasteiger partial charge in [-0.05, 0) is 37.4 Å². The van der Waals surface area contributed by atoms with Crippen LogP contribution in [0.5, 0.6) is 0 Å². The number of thiazole rings is 1. The number of carbonyl (C=O) groups is 1. The molecule has 0 radical (unpaired) electrons. The van der Waals surface area contributed by atoms with Crippen LogP contribution in [-0.2, 0) is 17.8 Å². The zero-order valence-corrected chi connectivity index (χ0v) is 18.4. The molecule has 2 aromatic carbocycles. The Labute approximate surface area is 187 Å². The first-order valence-corrected chi connectivity index (χ1v) is 11.3. The van der Waals surface area contributed by atoms with Crippen LogP contribution in [0, 0.1) is 0 Å². The molecule has 0 saturated heterocycles. The largest absolute Gasteiger partial charge is 0.444 e. The van der Waals surface area contributed by atoms with Gasteiger partial charge in [0.25, 0.3) is 0 Å². The Bertz CT molecular complexity index is 891. The van der Waals surface area contributed by atoms with Crippen molar-refractivity contribution < 1.29 is 14.6 Å². The predicted molar refractivity (Wildman–Crippen MR) is 123 cm³/mol. The van der Waals surface area contributed by atoms with Crippen molar-refractivity contribution in [1.29, 1.82) is 0 Å². The zero-order valence-electron chi connectivity index (χ0n) is 17.6. The van der Waals surface area contributed by atoms with E-state index in [0.717, 1.165) is 23.3 Å². The van der Waals surface area contributed by atoms with E-state index in [1.165, 1.54) is 16.9 Å². The van der Waals surface area contributed by atoms with Gasteiger partial charge in [0.15, 0.2) is 0 Å². The van der Waals surface area contributed by atoms with E-state index in [4.69, 9.17) is 4.74 Å². The molecule has 3 atom stereocenters. The Hall–Kier alpha value is -2.74. The standard InChI is InChI=1S/C24H29N3O3S/c1-25-22(19-12-6-3-7-13-19)23(27-24(29)30-16-20-15-26-17-31-20)21(28)14-8-11-18-9-4-2-5-10-18/h2-7,9-10,12-13,15,17,21-23,25,28H,8,11,14,16H2,1H3,(H,27,29). The number of likely N-dealkylation sites (N-methyl/N-ethyl adjacent to an activating group) is 1. The molecular formula is C24H29N3O3S. The van der Waals surface area contributed by atoms with Crippen LogP contribution in [0.4, 0.5) is 4.79 Å². The fourth-order valence-electron chi connectivity index (χ4n) is 3.58. The lowest BCUT2D eigenvalue weighted by molar-refractivity contribution is 0.0825. The van der Waals surface area contributed by atoms with E-state index in [9.17, 15) is 9.90 Å². The Morgan fingerprint density at radius 3 is 2.48 bits per heavy atom. The molecule has 3 unspecified atom stereocenters. The molecule has 6 nitrogen and oxygen atoms in total. The smallest absolute Gasteiger partial charge is 0.407 e. The Morgan fingerprint density at radius 2 is 1.84 bits per heavy atom. The number of alkyl carbamates (subject to hydrolysis) is 1. The van der Waals surface area contributed by atoms with Gasteiger partial charge < -0.3 is 20.5 Å². The molecule has 1 amide bonds. The highest BCUT2D eigenvalue weighted by molar-refractivity contribution is 7.09. The monoisotopic (exact) mass is 439 g/mol. The van der Waals surface area contributed by atoms with Crippen molar-refractivity contribution in [2.75, 3.05) is 7.05 Å². The van der Waals surface area contributed by atoms with Gasteiger partial charge in [0.05, 0.1) is 28.6 Å². The quantitative estimate of drug-likeness (QED) is 0.419. The molecule has 1 aromatic heterocycles. The minimum atomic E-state index is -0.739. The minimum absolute atomic E-state index is 0.156. The van der Waals surface area contributed by atoms with E-state index in [2.05, 4.69) is 27.8 Å². The molecule has 164 valence electrons. The summed E-state index contributed by atoms with van der Waals surface area (Å²) in [4.78, 5) is 17.4. The predicted octanol–water partition coefficient (Wildman–Crippen LogP) is 4.08. The number of rotatable bonds is 11. The summed E-state index contributed by atoms with van der Waals surface area (Å²) < 4.78 is 5.35. The summed E-state index contributed by atoms with van der Waals surface area (Å²) in [5.41, 5.74) is 3.92. The SMILES string of the molecule is CNC(c1ccccc1)C(NC(=O)OCc1cncs1)C(O)CCCc1ccccc1. The number of hydrogen-bond donors (Lipinski definition) is 3. The summed E-state index contributed by atoms with van der Waals surface area (Å²) in [7, 11) is 1.83. The molecule has 0 spiro atoms. The summed E-state index contributed by atoms with van der Waals surface area (Å²) in [6, 6.07) is 19.2. The van der Waals surface area contributed by atoms with Crippen LogP contribution < -0.4 is 10.6 Å². The lowest BCUT2D eigenvalue weighted by Crippen LogP contribution is -2.50. The van der Waals surface area contributed by atoms with E-state index in [1.54, 1.807) is 11.7 Å². The number of nitrogens with one attached hydrogen (secondary N) is 2. The van der Waals surface area contributed by atoms with E-state index in [1.807, 2.05) is 55.6 Å². The number of carbonyl (C=O) groups excluding carboxylic acids is 1. The Kier molecular flexibility index (Phi) is 9.02. The second-order valence-electron chi connectivity index (χ2n) is 7.34. The number of nitrogens with zero attached hydrogens (tertiary/aromatic N) is 1. The summed E-state index contributed by atoms with van der Waals surface area (Å²) in [5.74, 6) is 0. The fraction of sp³-hybridized carbons (Fsp3) is 0.333. The van der Waals surface area contributed by atoms with Crippen LogP contribution in [0.15, 0.2) is 72.4 Å². The van der Waals surface area contributed by atoms with Crippen molar-refractivity contribution in [3.8, 4) is 0 Å². The maximum atomic E-state index is 12.5. The Morgan fingerprint density at radius 1 is 1.13 bits per heavy atom. The second kappa shape index (κ2) is 12.2. The molecule has 3 N–H and O–H groups in total. The number of aryl methyl sites for hydroxylation is 1. The van der Waals surface area contributed by atoms with E-state index < -0.39 is 18.2 Å². The highest BCUT2D eigenvalue weighted by Gasteiger charge is 2.30. The molecular weight excluding hydrogens is 410 g/mol. The molecule has 0 aliphatic rings. The first kappa shape index (κ1) is 22.9. The van der Waals surface area contributed by atoms with Gasteiger partial charge in [0, 0.05) is 6.20 Å². The molecule has 0 fully saturated rings. The van der Waals surface area contributed by atoms with Crippen LogP contribution in [0.3, 0.4) is 0 Å². The topological polar surface area (TPSA) is 83.5 Å². The molecule has 0 bridgehead atoms. The van der Waals surface area contributed by atoms with Crippen LogP contribution in [0.2, 0.25) is 0 Å². The van der Waals surface area contributed by atoms with Crippen LogP contribution >= 0.6 is 11.3 Å². The molecule has 3 rings (SSSR count). The fourth-order valence-corrected chi connectivity index (χ4v) is 4.09. The van der Waals surface area contributed by atoms with E-state index in [0.29, 0.717) is 6.42 Å². The lowest BCUT2D eigenvalue weighted by Gasteiger charge is -2.31. The van der Waals surface area contributed by atoms with Gasteiger partial charge in [0.2, 0.25) is 0 Å². The minimum Gasteiger partial charge on any atom is -0.444 e. The van der Waals surface area contributed by atoms with Gasteiger partial charge in [-0.3, -0.25) is 4.98 Å². The maximum Gasteiger partial charge on any atom is 0.407 e. The van der Waals surface area contributed by atoms with Crippen LogP contribution in [0.25, 0.3) is 0 Å². The molecule has 1 heterocycles. The van der Waals surface area contributed by atoms with Crippen molar-refractivity contribution in [3.63, 3.8) is 0 Å². The number of aliphatic hydroxyl groups excluding tert-OH is 1. The summed E-state index contributed by atoms with van der Waals surface area (Å²) >= 11 is 1.43. The average Bonchev–Trinajstić information content (AvgIpc) is 3.33. The van der Waals surface area contributed by atoms with Gasteiger partial charge in [-0.25, -0.2) is 4.79 Å². The van der Waals surface area contributed by atoms with Crippen LogP contribution in [0.1, 0.15) is 34.9 Å². The van der Waals surface area contributed by atoms with Crippen molar-refractivity contribution in [2.45, 2.75) is 44.1 Å². The Balaban J connectivity index is 1.65. The van der Waals surface area contributed by atoms with E-state index >= 15 is 0 Å². The number of aliphatic hydroxyl groups is 1. The van der Waals surface area contributed by atoms with Gasteiger partial charge in [-0.15, -0.1) is 11.3 Å². The molecule has 0 saturated carbocycles. The molecule has 0 aliphatic heterocycles. The maximum absolute atomic E-state index is 12.5. The van der Waals surface area contributed by atoms with Crippen molar-refractivity contribution in [1.82, 2.24) is 15.6 Å². The van der Waals surface area contributed by atoms with Gasteiger partial charge in [-0.1, -0.05) is 60.7 Å². The normalized spacial score (nSPS) is 13.9. The second-order valence-corrected chi connectivity index (χ2v) is 8.31. The van der Waals surface area contributed by atoms with Crippen molar-refractivity contribution in [3.05, 3.63) is 88.4 Å². The zero-order chi connectivity index (χ0) is 21.9. The third-order valence-electron chi connectivity index (χ3n) is 5.17. The lowest BCUT2D eigenvalue weighted by atomic mass is 9.92. The van der Waals surface area contributed by atoms with E-state index in [-0.39, 0.29) is 12.6 Å². The van der Waals surface area contributed by atoms with Gasteiger partial charge in [0.1, 0.15) is 6.61 Å². The third kappa shape index (κ3) is 7.17. The van der Waals surface area contributed by atoms with Crippen molar-refractivity contribution >= 4 is 17.4 Å². The summed E-state index contributed by atoms with van der Waals surface area (Å²) in [6.07, 6.45) is 2.61. The number of amides is 1. The van der Waals surface area contributed by atoms with Gasteiger partial charge >= 0.3 is 6.09 Å². The summed E-state index contributed by atoms with van der Waals surface area (Å²) in [5, 5.41) is 17.2. The van der Waals surface area contributed by atoms with Crippen molar-refractivity contribution in [2.24, 2.45) is 0 Å². The number of aromatic nitrogens is 1. The number of ether oxygens (including phenoxy) is 1. The number of hydrogen-bond acceptors (Lipinski definition) is 6. The first-order chi connectivity index (χ1) is 15.2. The first-order valence-electron chi connectivity index (χ1n) is 10.4.